The molecule has 1 saturated carbocycles. The molecule has 1 fully saturated rings. The summed E-state index contributed by atoms with van der Waals surface area (Å²) >= 11 is 0. The number of anilines is 1. The van der Waals surface area contributed by atoms with E-state index in [-0.39, 0.29) is 0 Å². The first-order valence-corrected chi connectivity index (χ1v) is 8.00. The molecule has 0 bridgehead atoms. The SMILES string of the molecule is Cc1ccccc1NC1(C(=O)O)CCCC(CC(C)C)C1. The van der Waals surface area contributed by atoms with Crippen molar-refractivity contribution >= 4 is 11.7 Å². The Balaban J connectivity index is 2.20. The number of carbonyl (C=O) groups is 1. The lowest BCUT2D eigenvalue weighted by atomic mass is 9.73. The molecule has 2 rings (SSSR count). The first-order chi connectivity index (χ1) is 9.93. The summed E-state index contributed by atoms with van der Waals surface area (Å²) < 4.78 is 0. The molecule has 0 aliphatic heterocycles. The molecule has 0 radical (unpaired) electrons. The van der Waals surface area contributed by atoms with Gasteiger partial charge in [-0.1, -0.05) is 44.9 Å². The van der Waals surface area contributed by atoms with Crippen LogP contribution < -0.4 is 5.32 Å². The van der Waals surface area contributed by atoms with Crippen LogP contribution in [-0.2, 0) is 4.79 Å². The summed E-state index contributed by atoms with van der Waals surface area (Å²) in [6.07, 6.45) is 4.70. The first-order valence-electron chi connectivity index (χ1n) is 8.00. The quantitative estimate of drug-likeness (QED) is 0.841. The Morgan fingerprint density at radius 2 is 2.14 bits per heavy atom. The van der Waals surface area contributed by atoms with Crippen LogP contribution >= 0.6 is 0 Å². The monoisotopic (exact) mass is 289 g/mol. The predicted molar refractivity (Wildman–Crippen MR) is 86.6 cm³/mol. The Morgan fingerprint density at radius 3 is 2.76 bits per heavy atom. The van der Waals surface area contributed by atoms with Gasteiger partial charge in [-0.05, 0) is 49.7 Å². The fourth-order valence-electron chi connectivity index (χ4n) is 3.59. The van der Waals surface area contributed by atoms with Gasteiger partial charge in [0.05, 0.1) is 0 Å². The summed E-state index contributed by atoms with van der Waals surface area (Å²) in [7, 11) is 0. The van der Waals surface area contributed by atoms with Crippen molar-refractivity contribution in [1.82, 2.24) is 0 Å². The van der Waals surface area contributed by atoms with Crippen molar-refractivity contribution in [2.24, 2.45) is 11.8 Å². The largest absolute Gasteiger partial charge is 0.480 e. The molecule has 2 N–H and O–H groups in total. The fourth-order valence-corrected chi connectivity index (χ4v) is 3.59. The van der Waals surface area contributed by atoms with E-state index in [1.165, 1.54) is 0 Å². The molecule has 0 amide bonds. The van der Waals surface area contributed by atoms with Crippen LogP contribution in [0.25, 0.3) is 0 Å². The van der Waals surface area contributed by atoms with Crippen molar-refractivity contribution in [1.29, 1.82) is 0 Å². The highest BCUT2D eigenvalue weighted by atomic mass is 16.4. The number of rotatable bonds is 5. The third-order valence-corrected chi connectivity index (χ3v) is 4.59. The second-order valence-electron chi connectivity index (χ2n) is 6.92. The highest BCUT2D eigenvalue weighted by Gasteiger charge is 2.43. The number of hydrogen-bond acceptors (Lipinski definition) is 2. The van der Waals surface area contributed by atoms with Crippen molar-refractivity contribution in [2.45, 2.75) is 58.4 Å². The van der Waals surface area contributed by atoms with Gasteiger partial charge < -0.3 is 10.4 Å². The molecular formula is C18H27NO2. The number of para-hydroxylation sites is 1. The zero-order chi connectivity index (χ0) is 15.5. The molecule has 116 valence electrons. The molecule has 0 saturated heterocycles. The van der Waals surface area contributed by atoms with Gasteiger partial charge >= 0.3 is 5.97 Å². The Bertz CT molecular complexity index is 498. The Labute approximate surface area is 127 Å². The molecule has 3 heteroatoms. The van der Waals surface area contributed by atoms with Gasteiger partial charge in [-0.3, -0.25) is 0 Å². The predicted octanol–water partition coefficient (Wildman–Crippen LogP) is 4.47. The van der Waals surface area contributed by atoms with Gasteiger partial charge in [-0.15, -0.1) is 0 Å². The lowest BCUT2D eigenvalue weighted by molar-refractivity contribution is -0.144. The van der Waals surface area contributed by atoms with Crippen LogP contribution in [0.3, 0.4) is 0 Å². The average molecular weight is 289 g/mol. The summed E-state index contributed by atoms with van der Waals surface area (Å²) in [6.45, 7) is 6.45. The summed E-state index contributed by atoms with van der Waals surface area (Å²) in [4.78, 5) is 12.0. The van der Waals surface area contributed by atoms with E-state index < -0.39 is 11.5 Å². The Morgan fingerprint density at radius 1 is 1.43 bits per heavy atom. The van der Waals surface area contributed by atoms with Crippen molar-refractivity contribution in [3.63, 3.8) is 0 Å². The van der Waals surface area contributed by atoms with Gasteiger partial charge in [0.2, 0.25) is 0 Å². The average Bonchev–Trinajstić information content (AvgIpc) is 2.41. The number of benzene rings is 1. The maximum atomic E-state index is 12.0. The summed E-state index contributed by atoms with van der Waals surface area (Å²) in [5, 5.41) is 13.2. The third kappa shape index (κ3) is 3.78. The highest BCUT2D eigenvalue weighted by molar-refractivity contribution is 5.83. The molecule has 1 aromatic carbocycles. The van der Waals surface area contributed by atoms with Gasteiger partial charge in [0, 0.05) is 5.69 Å². The maximum absolute atomic E-state index is 12.0. The van der Waals surface area contributed by atoms with Crippen LogP contribution in [0.4, 0.5) is 5.69 Å². The smallest absolute Gasteiger partial charge is 0.329 e. The topological polar surface area (TPSA) is 49.3 Å². The van der Waals surface area contributed by atoms with Gasteiger partial charge in [-0.25, -0.2) is 4.79 Å². The minimum Gasteiger partial charge on any atom is -0.480 e. The maximum Gasteiger partial charge on any atom is 0.329 e. The highest BCUT2D eigenvalue weighted by Crippen LogP contribution is 2.38. The van der Waals surface area contributed by atoms with E-state index in [0.29, 0.717) is 18.3 Å². The third-order valence-electron chi connectivity index (χ3n) is 4.59. The van der Waals surface area contributed by atoms with Crippen LogP contribution in [0.1, 0.15) is 51.5 Å². The fraction of sp³-hybridized carbons (Fsp3) is 0.611. The van der Waals surface area contributed by atoms with E-state index in [1.807, 2.05) is 31.2 Å². The Hall–Kier alpha value is -1.51. The molecule has 1 aliphatic rings. The minimum absolute atomic E-state index is 0.506. The van der Waals surface area contributed by atoms with Crippen LogP contribution in [-0.4, -0.2) is 16.6 Å². The van der Waals surface area contributed by atoms with Crippen LogP contribution in [0, 0.1) is 18.8 Å². The second-order valence-corrected chi connectivity index (χ2v) is 6.92. The standard InChI is InChI=1S/C18H27NO2/c1-13(2)11-15-8-6-10-18(12-15,17(20)21)19-16-9-5-4-7-14(16)3/h4-5,7,9,13,15,19H,6,8,10-12H2,1-3H3,(H,20,21). The lowest BCUT2D eigenvalue weighted by Crippen LogP contribution is -2.50. The molecule has 1 aromatic rings. The summed E-state index contributed by atoms with van der Waals surface area (Å²) in [5.74, 6) is 0.420. The number of nitrogens with one attached hydrogen (secondary N) is 1. The van der Waals surface area contributed by atoms with Crippen LogP contribution in [0.5, 0.6) is 0 Å². The number of carboxylic acids is 1. The zero-order valence-corrected chi connectivity index (χ0v) is 13.4. The second kappa shape index (κ2) is 6.50. The van der Waals surface area contributed by atoms with Crippen molar-refractivity contribution < 1.29 is 9.90 Å². The molecule has 21 heavy (non-hydrogen) atoms. The van der Waals surface area contributed by atoms with E-state index in [1.54, 1.807) is 0 Å². The minimum atomic E-state index is -0.802. The molecule has 0 heterocycles. The van der Waals surface area contributed by atoms with Gasteiger partial charge in [0.15, 0.2) is 0 Å². The van der Waals surface area contributed by atoms with Crippen molar-refractivity contribution in [3.8, 4) is 0 Å². The van der Waals surface area contributed by atoms with Gasteiger partial charge in [0.1, 0.15) is 5.54 Å². The van der Waals surface area contributed by atoms with Gasteiger partial charge in [-0.2, -0.15) is 0 Å². The van der Waals surface area contributed by atoms with Crippen molar-refractivity contribution in [3.05, 3.63) is 29.8 Å². The summed E-state index contributed by atoms with van der Waals surface area (Å²) in [6, 6.07) is 7.94. The molecule has 2 atom stereocenters. The van der Waals surface area contributed by atoms with E-state index in [9.17, 15) is 9.90 Å². The van der Waals surface area contributed by atoms with E-state index in [2.05, 4.69) is 19.2 Å². The van der Waals surface area contributed by atoms with E-state index in [0.717, 1.165) is 36.9 Å². The number of aryl methyl sites for hydroxylation is 1. The molecular weight excluding hydrogens is 262 g/mol. The van der Waals surface area contributed by atoms with E-state index >= 15 is 0 Å². The summed E-state index contributed by atoms with van der Waals surface area (Å²) in [5.41, 5.74) is 1.25. The molecule has 0 spiro atoms. The molecule has 0 aromatic heterocycles. The lowest BCUT2D eigenvalue weighted by Gasteiger charge is -2.40. The number of carboxylic acid groups (broad SMARTS) is 1. The molecule has 3 nitrogen and oxygen atoms in total. The zero-order valence-electron chi connectivity index (χ0n) is 13.4. The Kier molecular flexibility index (Phi) is 4.92. The molecule has 1 aliphatic carbocycles. The van der Waals surface area contributed by atoms with Crippen molar-refractivity contribution in [2.75, 3.05) is 5.32 Å². The number of hydrogen-bond donors (Lipinski definition) is 2. The van der Waals surface area contributed by atoms with Gasteiger partial charge in [0.25, 0.3) is 0 Å². The van der Waals surface area contributed by atoms with E-state index in [4.69, 9.17) is 0 Å². The normalized spacial score (nSPS) is 25.8. The van der Waals surface area contributed by atoms with Crippen LogP contribution in [0.15, 0.2) is 24.3 Å². The number of aliphatic carboxylic acids is 1. The molecule has 2 unspecified atom stereocenters. The first kappa shape index (κ1) is 15.9. The van der Waals surface area contributed by atoms with Crippen LogP contribution in [0.2, 0.25) is 0 Å².